The Labute approximate surface area is 148 Å². The van der Waals surface area contributed by atoms with Gasteiger partial charge in [0.1, 0.15) is 17.1 Å². The van der Waals surface area contributed by atoms with Crippen molar-refractivity contribution in [1.82, 2.24) is 0 Å². The third-order valence-electron chi connectivity index (χ3n) is 4.41. The molecule has 2 atom stereocenters. The fourth-order valence-corrected chi connectivity index (χ4v) is 3.35. The van der Waals surface area contributed by atoms with Crippen LogP contribution >= 0.6 is 0 Å². The molecule has 4 rings (SSSR count). The number of carbonyl (C=O) groups excluding carboxylic acids is 1. The third kappa shape index (κ3) is 2.50. The highest BCUT2D eigenvalue weighted by Crippen LogP contribution is 2.44. The van der Waals surface area contributed by atoms with E-state index in [4.69, 9.17) is 13.9 Å². The van der Waals surface area contributed by atoms with Gasteiger partial charge in [-0.2, -0.15) is 0 Å². The van der Waals surface area contributed by atoms with Gasteiger partial charge >= 0.3 is 11.6 Å². The highest BCUT2D eigenvalue weighted by molar-refractivity contribution is 5.88. The van der Waals surface area contributed by atoms with Crippen LogP contribution in [0.2, 0.25) is 0 Å². The van der Waals surface area contributed by atoms with E-state index in [1.807, 2.05) is 0 Å². The van der Waals surface area contributed by atoms with Crippen molar-refractivity contribution in [1.29, 1.82) is 0 Å². The molecule has 2 heterocycles. The number of hydrogen-bond acceptors (Lipinski definition) is 6. The molecule has 0 unspecified atom stereocenters. The van der Waals surface area contributed by atoms with E-state index in [0.29, 0.717) is 22.3 Å². The molecule has 0 fully saturated rings. The Morgan fingerprint density at radius 3 is 2.77 bits per heavy atom. The van der Waals surface area contributed by atoms with Crippen molar-refractivity contribution in [2.24, 2.45) is 0 Å². The molecule has 1 aromatic heterocycles. The zero-order valence-electron chi connectivity index (χ0n) is 14.0. The fraction of sp³-hybridized carbons (Fsp3) is 0.200. The van der Waals surface area contributed by atoms with Crippen molar-refractivity contribution in [2.45, 2.75) is 18.9 Å². The monoisotopic (exact) mass is 352 g/mol. The SMILES string of the molecule is CCOC(=O)[C@@H]1Oc2c(c(=O)oc3ccccc23)[C@@H]1c1cccc(O)c1. The summed E-state index contributed by atoms with van der Waals surface area (Å²) in [6.45, 7) is 1.89. The maximum Gasteiger partial charge on any atom is 0.348 e. The molecule has 0 aliphatic carbocycles. The summed E-state index contributed by atoms with van der Waals surface area (Å²) < 4.78 is 16.5. The van der Waals surface area contributed by atoms with Crippen molar-refractivity contribution in [3.05, 3.63) is 70.1 Å². The van der Waals surface area contributed by atoms with E-state index in [9.17, 15) is 14.7 Å². The highest BCUT2D eigenvalue weighted by atomic mass is 16.6. The zero-order valence-corrected chi connectivity index (χ0v) is 14.0. The van der Waals surface area contributed by atoms with Gasteiger partial charge < -0.3 is 19.0 Å². The molecule has 132 valence electrons. The number of hydrogen-bond donors (Lipinski definition) is 1. The van der Waals surface area contributed by atoms with Gasteiger partial charge in [0.15, 0.2) is 0 Å². The minimum atomic E-state index is -1.03. The van der Waals surface area contributed by atoms with Crippen LogP contribution in [0.1, 0.15) is 24.0 Å². The lowest BCUT2D eigenvalue weighted by Gasteiger charge is -2.17. The quantitative estimate of drug-likeness (QED) is 0.576. The number of rotatable bonds is 3. The molecule has 1 aliphatic rings. The van der Waals surface area contributed by atoms with Gasteiger partial charge in [-0.3, -0.25) is 0 Å². The minimum Gasteiger partial charge on any atom is -0.508 e. The number of phenolic OH excluding ortho intramolecular Hbond substituents is 1. The normalized spacial score (nSPS) is 18.3. The number of esters is 1. The molecule has 0 bridgehead atoms. The molecule has 6 nitrogen and oxygen atoms in total. The van der Waals surface area contributed by atoms with Crippen LogP contribution in [0.5, 0.6) is 11.5 Å². The van der Waals surface area contributed by atoms with Gasteiger partial charge in [0, 0.05) is 0 Å². The Morgan fingerprint density at radius 1 is 1.19 bits per heavy atom. The summed E-state index contributed by atoms with van der Waals surface area (Å²) in [5, 5.41) is 10.4. The van der Waals surface area contributed by atoms with E-state index >= 15 is 0 Å². The van der Waals surface area contributed by atoms with Gasteiger partial charge in [0.2, 0.25) is 6.10 Å². The molecule has 0 amide bonds. The first-order valence-electron chi connectivity index (χ1n) is 8.28. The van der Waals surface area contributed by atoms with Crippen LogP contribution < -0.4 is 10.4 Å². The predicted molar refractivity (Wildman–Crippen MR) is 93.5 cm³/mol. The van der Waals surface area contributed by atoms with Crippen molar-refractivity contribution in [3.63, 3.8) is 0 Å². The van der Waals surface area contributed by atoms with Crippen molar-refractivity contribution < 1.29 is 23.8 Å². The number of fused-ring (bicyclic) bond motifs is 3. The first-order chi connectivity index (χ1) is 12.6. The van der Waals surface area contributed by atoms with Crippen LogP contribution in [0.15, 0.2) is 57.7 Å². The maximum absolute atomic E-state index is 12.7. The number of aromatic hydroxyl groups is 1. The van der Waals surface area contributed by atoms with Crippen LogP contribution in [0, 0.1) is 0 Å². The summed E-state index contributed by atoms with van der Waals surface area (Å²) in [5.41, 5.74) is 0.644. The smallest absolute Gasteiger partial charge is 0.348 e. The zero-order chi connectivity index (χ0) is 18.3. The molecular weight excluding hydrogens is 336 g/mol. The van der Waals surface area contributed by atoms with E-state index in [1.165, 1.54) is 12.1 Å². The molecular formula is C20H16O6. The average molecular weight is 352 g/mol. The molecule has 0 radical (unpaired) electrons. The largest absolute Gasteiger partial charge is 0.508 e. The highest BCUT2D eigenvalue weighted by Gasteiger charge is 2.45. The minimum absolute atomic E-state index is 0.0312. The van der Waals surface area contributed by atoms with Crippen molar-refractivity contribution >= 4 is 16.9 Å². The number of phenols is 1. The number of benzene rings is 2. The van der Waals surface area contributed by atoms with Crippen molar-refractivity contribution in [3.8, 4) is 11.5 Å². The second kappa shape index (κ2) is 6.22. The topological polar surface area (TPSA) is 86.0 Å². The van der Waals surface area contributed by atoms with E-state index in [-0.39, 0.29) is 17.9 Å². The molecule has 0 spiro atoms. The third-order valence-corrected chi connectivity index (χ3v) is 4.41. The Bertz CT molecular complexity index is 1050. The number of ether oxygens (including phenoxy) is 2. The van der Waals surface area contributed by atoms with Gasteiger partial charge in [-0.25, -0.2) is 9.59 Å². The number of carbonyl (C=O) groups is 1. The lowest BCUT2D eigenvalue weighted by atomic mass is 9.88. The van der Waals surface area contributed by atoms with Crippen LogP contribution in [-0.4, -0.2) is 23.8 Å². The summed E-state index contributed by atoms with van der Waals surface area (Å²) >= 11 is 0. The van der Waals surface area contributed by atoms with E-state index < -0.39 is 23.6 Å². The molecule has 1 N–H and O–H groups in total. The maximum atomic E-state index is 12.7. The fourth-order valence-electron chi connectivity index (χ4n) is 3.35. The van der Waals surface area contributed by atoms with Gasteiger partial charge in [-0.1, -0.05) is 24.3 Å². The molecule has 1 aliphatic heterocycles. The van der Waals surface area contributed by atoms with Crippen LogP contribution in [0.25, 0.3) is 11.0 Å². The van der Waals surface area contributed by atoms with Crippen LogP contribution in [0.3, 0.4) is 0 Å². The summed E-state index contributed by atoms with van der Waals surface area (Å²) in [6, 6.07) is 13.4. The molecule has 0 saturated carbocycles. The molecule has 2 aromatic carbocycles. The van der Waals surface area contributed by atoms with E-state index in [0.717, 1.165) is 0 Å². The summed E-state index contributed by atoms with van der Waals surface area (Å²) in [6.07, 6.45) is -1.03. The first-order valence-corrected chi connectivity index (χ1v) is 8.28. The summed E-state index contributed by atoms with van der Waals surface area (Å²) in [7, 11) is 0. The molecule has 0 saturated heterocycles. The van der Waals surface area contributed by atoms with Crippen LogP contribution in [0.4, 0.5) is 0 Å². The Morgan fingerprint density at radius 2 is 2.00 bits per heavy atom. The Hall–Kier alpha value is -3.28. The van der Waals surface area contributed by atoms with Gasteiger partial charge in [0.25, 0.3) is 0 Å². The molecule has 26 heavy (non-hydrogen) atoms. The second-order valence-corrected chi connectivity index (χ2v) is 5.99. The molecule has 3 aromatic rings. The molecule has 6 heteroatoms. The standard InChI is InChI=1S/C20H16O6/c1-2-24-20(23)18-15(11-6-5-7-12(21)10-11)16-17(26-18)13-8-3-4-9-14(13)25-19(16)22/h3-10,15,18,21H,2H2,1H3/t15-,18+/m0/s1. The number of para-hydroxylation sites is 1. The predicted octanol–water partition coefficient (Wildman–Crippen LogP) is 2.95. The van der Waals surface area contributed by atoms with Gasteiger partial charge in [-0.15, -0.1) is 0 Å². The second-order valence-electron chi connectivity index (χ2n) is 5.99. The lowest BCUT2D eigenvalue weighted by molar-refractivity contribution is -0.151. The summed E-state index contributed by atoms with van der Waals surface area (Å²) in [5.74, 6) is -0.940. The Kier molecular flexibility index (Phi) is 3.88. The van der Waals surface area contributed by atoms with Gasteiger partial charge in [0.05, 0.1) is 23.5 Å². The van der Waals surface area contributed by atoms with Crippen molar-refractivity contribution in [2.75, 3.05) is 6.61 Å². The van der Waals surface area contributed by atoms with Crippen LogP contribution in [-0.2, 0) is 9.53 Å². The first kappa shape index (κ1) is 16.2. The van der Waals surface area contributed by atoms with E-state index in [2.05, 4.69) is 0 Å². The average Bonchev–Trinajstić information content (AvgIpc) is 3.04. The van der Waals surface area contributed by atoms with Gasteiger partial charge in [-0.05, 0) is 36.8 Å². The summed E-state index contributed by atoms with van der Waals surface area (Å²) in [4.78, 5) is 25.1. The Balaban J connectivity index is 1.96. The lowest BCUT2D eigenvalue weighted by Crippen LogP contribution is -2.32. The van der Waals surface area contributed by atoms with E-state index in [1.54, 1.807) is 43.3 Å².